The summed E-state index contributed by atoms with van der Waals surface area (Å²) in [6, 6.07) is 17.7. The summed E-state index contributed by atoms with van der Waals surface area (Å²) >= 11 is 0. The Balaban J connectivity index is 1.37. The lowest BCUT2D eigenvalue weighted by molar-refractivity contribution is -0.121. The van der Waals surface area contributed by atoms with Gasteiger partial charge >= 0.3 is 0 Å². The van der Waals surface area contributed by atoms with Gasteiger partial charge in [-0.15, -0.1) is 0 Å². The molecule has 0 saturated carbocycles. The third-order valence-corrected chi connectivity index (χ3v) is 4.46. The number of fused-ring (bicyclic) bond motifs is 1. The van der Waals surface area contributed by atoms with Crippen molar-refractivity contribution in [3.05, 3.63) is 71.9 Å². The lowest BCUT2D eigenvalue weighted by Crippen LogP contribution is -2.25. The molecule has 3 aromatic rings. The molecule has 0 radical (unpaired) electrons. The van der Waals surface area contributed by atoms with Crippen molar-refractivity contribution < 1.29 is 9.90 Å². The lowest BCUT2D eigenvalue weighted by Gasteiger charge is -2.10. The first-order chi connectivity index (χ1) is 12.2. The van der Waals surface area contributed by atoms with E-state index in [0.717, 1.165) is 17.5 Å². The van der Waals surface area contributed by atoms with E-state index in [1.165, 1.54) is 10.9 Å². The summed E-state index contributed by atoms with van der Waals surface area (Å²) < 4.78 is 0. The van der Waals surface area contributed by atoms with Gasteiger partial charge in [-0.3, -0.25) is 4.79 Å². The number of para-hydroxylation sites is 1. The van der Waals surface area contributed by atoms with E-state index in [-0.39, 0.29) is 5.91 Å². The van der Waals surface area contributed by atoms with Crippen LogP contribution in [0.1, 0.15) is 36.5 Å². The number of nitrogens with one attached hydrogen (secondary N) is 2. The first-order valence-corrected chi connectivity index (χ1v) is 8.79. The SMILES string of the molecule is O=C(CCCC(O)c1ccccc1)NCCc1c[nH]c2ccccc12. The molecule has 25 heavy (non-hydrogen) atoms. The summed E-state index contributed by atoms with van der Waals surface area (Å²) in [5, 5.41) is 14.3. The number of H-pyrrole nitrogens is 1. The van der Waals surface area contributed by atoms with Crippen molar-refractivity contribution >= 4 is 16.8 Å². The number of hydrogen-bond acceptors (Lipinski definition) is 2. The van der Waals surface area contributed by atoms with Gasteiger partial charge in [-0.2, -0.15) is 0 Å². The zero-order valence-corrected chi connectivity index (χ0v) is 14.2. The number of carbonyl (C=O) groups excluding carboxylic acids is 1. The minimum Gasteiger partial charge on any atom is -0.388 e. The topological polar surface area (TPSA) is 65.1 Å². The van der Waals surface area contributed by atoms with Crippen LogP contribution in [0.5, 0.6) is 0 Å². The Bertz CT molecular complexity index is 811. The summed E-state index contributed by atoms with van der Waals surface area (Å²) in [6.07, 6.45) is 4.03. The molecule has 4 heteroatoms. The van der Waals surface area contributed by atoms with Gasteiger partial charge in [0.05, 0.1) is 6.10 Å². The predicted molar refractivity (Wildman–Crippen MR) is 100 cm³/mol. The number of aliphatic hydroxyl groups is 1. The number of hydrogen-bond donors (Lipinski definition) is 3. The van der Waals surface area contributed by atoms with E-state index in [1.54, 1.807) is 0 Å². The second-order valence-electron chi connectivity index (χ2n) is 6.28. The van der Waals surface area contributed by atoms with Crippen molar-refractivity contribution in [2.45, 2.75) is 31.8 Å². The predicted octanol–water partition coefficient (Wildman–Crippen LogP) is 3.73. The van der Waals surface area contributed by atoms with Crippen molar-refractivity contribution in [1.82, 2.24) is 10.3 Å². The van der Waals surface area contributed by atoms with Gasteiger partial charge in [0.2, 0.25) is 5.91 Å². The van der Waals surface area contributed by atoms with Crippen LogP contribution in [-0.2, 0) is 11.2 Å². The first-order valence-electron chi connectivity index (χ1n) is 8.79. The number of benzene rings is 2. The van der Waals surface area contributed by atoms with E-state index < -0.39 is 6.10 Å². The van der Waals surface area contributed by atoms with Crippen LogP contribution in [0, 0.1) is 0 Å². The van der Waals surface area contributed by atoms with E-state index in [0.29, 0.717) is 25.8 Å². The number of carbonyl (C=O) groups is 1. The number of aliphatic hydroxyl groups excluding tert-OH is 1. The molecular formula is C21H24N2O2. The summed E-state index contributed by atoms with van der Waals surface area (Å²) in [7, 11) is 0. The molecule has 2 aromatic carbocycles. The average Bonchev–Trinajstić information content (AvgIpc) is 3.06. The Morgan fingerprint density at radius 2 is 1.84 bits per heavy atom. The Kier molecular flexibility index (Phi) is 5.86. The molecule has 1 aromatic heterocycles. The van der Waals surface area contributed by atoms with Crippen LogP contribution >= 0.6 is 0 Å². The second-order valence-corrected chi connectivity index (χ2v) is 6.28. The molecular weight excluding hydrogens is 312 g/mol. The molecule has 1 heterocycles. The minimum absolute atomic E-state index is 0.0418. The molecule has 0 bridgehead atoms. The van der Waals surface area contributed by atoms with Crippen molar-refractivity contribution in [3.8, 4) is 0 Å². The Morgan fingerprint density at radius 3 is 2.68 bits per heavy atom. The molecule has 1 amide bonds. The normalized spacial score (nSPS) is 12.2. The quantitative estimate of drug-likeness (QED) is 0.587. The van der Waals surface area contributed by atoms with Crippen molar-refractivity contribution in [2.24, 2.45) is 0 Å². The fourth-order valence-corrected chi connectivity index (χ4v) is 3.06. The molecule has 130 valence electrons. The maximum atomic E-state index is 12.0. The highest BCUT2D eigenvalue weighted by Gasteiger charge is 2.09. The molecule has 3 N–H and O–H groups in total. The first kappa shape index (κ1) is 17.2. The third kappa shape index (κ3) is 4.70. The standard InChI is InChI=1S/C21H24N2O2/c24-20(16-7-2-1-3-8-16)11-6-12-21(25)22-14-13-17-15-23-19-10-5-4-9-18(17)19/h1-5,7-10,15,20,23-24H,6,11-14H2,(H,22,25). The summed E-state index contributed by atoms with van der Waals surface area (Å²) in [5.41, 5.74) is 3.25. The van der Waals surface area contributed by atoms with E-state index in [4.69, 9.17) is 0 Å². The molecule has 1 unspecified atom stereocenters. The summed E-state index contributed by atoms with van der Waals surface area (Å²) in [4.78, 5) is 15.2. The monoisotopic (exact) mass is 336 g/mol. The lowest BCUT2D eigenvalue weighted by atomic mass is 10.0. The molecule has 1 atom stereocenters. The van der Waals surface area contributed by atoms with Crippen molar-refractivity contribution in [2.75, 3.05) is 6.54 Å². The highest BCUT2D eigenvalue weighted by atomic mass is 16.3. The Labute approximate surface area is 147 Å². The van der Waals surface area contributed by atoms with E-state index in [9.17, 15) is 9.90 Å². The maximum Gasteiger partial charge on any atom is 0.220 e. The van der Waals surface area contributed by atoms with Gasteiger partial charge in [-0.1, -0.05) is 48.5 Å². The van der Waals surface area contributed by atoms with Crippen LogP contribution in [0.2, 0.25) is 0 Å². The molecule has 3 rings (SSSR count). The van der Waals surface area contributed by atoms with Crippen molar-refractivity contribution in [1.29, 1.82) is 0 Å². The molecule has 0 fully saturated rings. The summed E-state index contributed by atoms with van der Waals surface area (Å²) in [6.45, 7) is 0.627. The fourth-order valence-electron chi connectivity index (χ4n) is 3.06. The van der Waals surface area contributed by atoms with Crippen LogP contribution in [0.25, 0.3) is 10.9 Å². The van der Waals surface area contributed by atoms with Crippen LogP contribution in [0.15, 0.2) is 60.8 Å². The largest absolute Gasteiger partial charge is 0.388 e. The van der Waals surface area contributed by atoms with Crippen LogP contribution in [0.3, 0.4) is 0 Å². The number of amides is 1. The second kappa shape index (κ2) is 8.49. The van der Waals surface area contributed by atoms with Gasteiger partial charge in [-0.25, -0.2) is 0 Å². The molecule has 0 saturated heterocycles. The molecule has 4 nitrogen and oxygen atoms in total. The zero-order valence-electron chi connectivity index (χ0n) is 14.2. The average molecular weight is 336 g/mol. The zero-order chi connectivity index (χ0) is 17.5. The van der Waals surface area contributed by atoms with E-state index in [2.05, 4.69) is 22.4 Å². The van der Waals surface area contributed by atoms with Gasteiger partial charge < -0.3 is 15.4 Å². The molecule has 0 aliphatic carbocycles. The number of rotatable bonds is 8. The maximum absolute atomic E-state index is 12.0. The summed E-state index contributed by atoms with van der Waals surface area (Å²) in [5.74, 6) is 0.0418. The minimum atomic E-state index is -0.500. The van der Waals surface area contributed by atoms with Gasteiger partial charge in [0.25, 0.3) is 0 Å². The Hall–Kier alpha value is -2.59. The number of aromatic nitrogens is 1. The smallest absolute Gasteiger partial charge is 0.220 e. The van der Waals surface area contributed by atoms with E-state index >= 15 is 0 Å². The van der Waals surface area contributed by atoms with Gasteiger partial charge in [-0.05, 0) is 36.5 Å². The molecule has 0 aliphatic rings. The third-order valence-electron chi connectivity index (χ3n) is 4.46. The van der Waals surface area contributed by atoms with Gasteiger partial charge in [0.15, 0.2) is 0 Å². The van der Waals surface area contributed by atoms with Crippen molar-refractivity contribution in [3.63, 3.8) is 0 Å². The van der Waals surface area contributed by atoms with Gasteiger partial charge in [0, 0.05) is 30.1 Å². The fraction of sp³-hybridized carbons (Fsp3) is 0.286. The molecule has 0 aliphatic heterocycles. The highest BCUT2D eigenvalue weighted by molar-refractivity contribution is 5.83. The highest BCUT2D eigenvalue weighted by Crippen LogP contribution is 2.19. The molecule has 0 spiro atoms. The van der Waals surface area contributed by atoms with Crippen LogP contribution in [0.4, 0.5) is 0 Å². The van der Waals surface area contributed by atoms with Crippen LogP contribution < -0.4 is 5.32 Å². The van der Waals surface area contributed by atoms with E-state index in [1.807, 2.05) is 48.7 Å². The number of aromatic amines is 1. The van der Waals surface area contributed by atoms with Gasteiger partial charge in [0.1, 0.15) is 0 Å². The Morgan fingerprint density at radius 1 is 1.08 bits per heavy atom. The van der Waals surface area contributed by atoms with Crippen LogP contribution in [-0.4, -0.2) is 22.5 Å².